The van der Waals surface area contributed by atoms with Crippen molar-refractivity contribution < 1.29 is 14.6 Å². The molecule has 1 amide bonds. The van der Waals surface area contributed by atoms with Gasteiger partial charge in [-0.3, -0.25) is 0 Å². The monoisotopic (exact) mass is 171 g/mol. The molecule has 2 aliphatic heterocycles. The van der Waals surface area contributed by atoms with Crippen molar-refractivity contribution in [2.45, 2.75) is 43.9 Å². The standard InChI is InChI=1S/C8H13NO3/c10-8(11)9-5-1-2-6-4-7(3-5)12-6/h5-7,9H,1-4H2,(H,10,11)/t5-,6-,7-/m0/s1. The summed E-state index contributed by atoms with van der Waals surface area (Å²) in [5.41, 5.74) is 0. The lowest BCUT2D eigenvalue weighted by Crippen LogP contribution is -2.38. The van der Waals surface area contributed by atoms with Gasteiger partial charge in [-0.25, -0.2) is 4.79 Å². The van der Waals surface area contributed by atoms with Crippen LogP contribution in [0.4, 0.5) is 4.79 Å². The average molecular weight is 171 g/mol. The molecular weight excluding hydrogens is 158 g/mol. The molecule has 0 aromatic heterocycles. The minimum Gasteiger partial charge on any atom is -0.465 e. The van der Waals surface area contributed by atoms with Crippen LogP contribution in [0.1, 0.15) is 25.7 Å². The summed E-state index contributed by atoms with van der Waals surface area (Å²) in [6.45, 7) is 0. The molecule has 0 aromatic rings. The number of ether oxygens (including phenoxy) is 1. The topological polar surface area (TPSA) is 58.6 Å². The zero-order valence-electron chi connectivity index (χ0n) is 6.82. The number of rotatable bonds is 1. The average Bonchev–Trinajstić information content (AvgIpc) is 2.15. The van der Waals surface area contributed by atoms with Gasteiger partial charge in [0.15, 0.2) is 0 Å². The molecule has 68 valence electrons. The fraction of sp³-hybridized carbons (Fsp3) is 0.875. The molecule has 3 aliphatic rings. The van der Waals surface area contributed by atoms with E-state index >= 15 is 0 Å². The third-order valence-electron chi connectivity index (χ3n) is 2.62. The second kappa shape index (κ2) is 2.94. The highest BCUT2D eigenvalue weighted by molar-refractivity contribution is 5.64. The molecule has 3 fully saturated rings. The van der Waals surface area contributed by atoms with E-state index in [2.05, 4.69) is 5.32 Å². The van der Waals surface area contributed by atoms with Gasteiger partial charge in [-0.15, -0.1) is 0 Å². The van der Waals surface area contributed by atoms with Crippen LogP contribution >= 0.6 is 0 Å². The van der Waals surface area contributed by atoms with Crippen molar-refractivity contribution in [2.24, 2.45) is 0 Å². The van der Waals surface area contributed by atoms with Gasteiger partial charge in [0, 0.05) is 6.04 Å². The van der Waals surface area contributed by atoms with E-state index in [1.807, 2.05) is 0 Å². The maximum atomic E-state index is 10.3. The van der Waals surface area contributed by atoms with E-state index in [1.165, 1.54) is 0 Å². The molecule has 12 heavy (non-hydrogen) atoms. The number of hydrogen-bond donors (Lipinski definition) is 2. The van der Waals surface area contributed by atoms with Crippen LogP contribution in [0.2, 0.25) is 0 Å². The normalized spacial score (nSPS) is 39.5. The SMILES string of the molecule is O=C(O)N[C@H]1CC[C@H]2C[C@H](C1)O2. The molecule has 0 spiro atoms. The smallest absolute Gasteiger partial charge is 0.404 e. The highest BCUT2D eigenvalue weighted by Crippen LogP contribution is 2.32. The molecule has 0 radical (unpaired) electrons. The number of carbonyl (C=O) groups is 1. The number of nitrogens with one attached hydrogen (secondary N) is 1. The Labute approximate surface area is 70.9 Å². The van der Waals surface area contributed by atoms with Gasteiger partial charge in [0.05, 0.1) is 12.2 Å². The number of fused-ring (bicyclic) bond motifs is 3. The van der Waals surface area contributed by atoms with E-state index in [-0.39, 0.29) is 6.04 Å². The first-order valence-electron chi connectivity index (χ1n) is 4.39. The van der Waals surface area contributed by atoms with Crippen LogP contribution in [-0.4, -0.2) is 29.4 Å². The fourth-order valence-corrected chi connectivity index (χ4v) is 2.02. The molecule has 4 nitrogen and oxygen atoms in total. The van der Waals surface area contributed by atoms with Gasteiger partial charge in [-0.2, -0.15) is 0 Å². The van der Waals surface area contributed by atoms with Gasteiger partial charge in [-0.1, -0.05) is 0 Å². The van der Waals surface area contributed by atoms with Crippen molar-refractivity contribution in [3.05, 3.63) is 0 Å². The summed E-state index contributed by atoms with van der Waals surface area (Å²) in [6, 6.07) is 0.111. The van der Waals surface area contributed by atoms with Crippen LogP contribution < -0.4 is 5.32 Å². The van der Waals surface area contributed by atoms with Crippen molar-refractivity contribution in [1.29, 1.82) is 0 Å². The van der Waals surface area contributed by atoms with Gasteiger partial charge in [-0.05, 0) is 25.7 Å². The summed E-state index contributed by atoms with van der Waals surface area (Å²) < 4.78 is 5.48. The Morgan fingerprint density at radius 1 is 1.33 bits per heavy atom. The van der Waals surface area contributed by atoms with Gasteiger partial charge in [0.25, 0.3) is 0 Å². The fourth-order valence-electron chi connectivity index (χ4n) is 2.02. The minimum atomic E-state index is -0.918. The highest BCUT2D eigenvalue weighted by Gasteiger charge is 2.36. The first-order valence-corrected chi connectivity index (χ1v) is 4.39. The quantitative estimate of drug-likeness (QED) is 0.618. The molecule has 2 N–H and O–H groups in total. The van der Waals surface area contributed by atoms with Crippen LogP contribution in [0.25, 0.3) is 0 Å². The van der Waals surface area contributed by atoms with Crippen molar-refractivity contribution in [3.63, 3.8) is 0 Å². The first-order chi connectivity index (χ1) is 5.74. The summed E-state index contributed by atoms with van der Waals surface area (Å²) in [5, 5.41) is 11.0. The number of carboxylic acid groups (broad SMARTS) is 1. The van der Waals surface area contributed by atoms with E-state index in [0.29, 0.717) is 12.2 Å². The van der Waals surface area contributed by atoms with Gasteiger partial charge in [0.1, 0.15) is 0 Å². The van der Waals surface area contributed by atoms with E-state index < -0.39 is 6.09 Å². The predicted molar refractivity (Wildman–Crippen MR) is 42.1 cm³/mol. The largest absolute Gasteiger partial charge is 0.465 e. The Morgan fingerprint density at radius 3 is 2.75 bits per heavy atom. The number of amides is 1. The van der Waals surface area contributed by atoms with Crippen molar-refractivity contribution in [2.75, 3.05) is 0 Å². The second-order valence-electron chi connectivity index (χ2n) is 3.58. The third-order valence-corrected chi connectivity index (χ3v) is 2.62. The zero-order chi connectivity index (χ0) is 8.55. The van der Waals surface area contributed by atoms with Crippen molar-refractivity contribution in [1.82, 2.24) is 5.32 Å². The molecule has 4 heteroatoms. The molecule has 0 unspecified atom stereocenters. The molecule has 2 bridgehead atoms. The Bertz CT molecular complexity index is 189. The molecule has 2 heterocycles. The molecule has 1 saturated carbocycles. The maximum absolute atomic E-state index is 10.3. The molecule has 0 aromatic carbocycles. The molecule has 2 saturated heterocycles. The van der Waals surface area contributed by atoms with E-state index in [1.54, 1.807) is 0 Å². The van der Waals surface area contributed by atoms with Crippen molar-refractivity contribution in [3.8, 4) is 0 Å². The van der Waals surface area contributed by atoms with E-state index in [9.17, 15) is 4.79 Å². The zero-order valence-corrected chi connectivity index (χ0v) is 6.82. The van der Waals surface area contributed by atoms with Gasteiger partial charge in [0.2, 0.25) is 0 Å². The molecular formula is C8H13NO3. The second-order valence-corrected chi connectivity index (χ2v) is 3.58. The minimum absolute atomic E-state index is 0.111. The summed E-state index contributed by atoms with van der Waals surface area (Å²) in [7, 11) is 0. The lowest BCUT2D eigenvalue weighted by Gasteiger charge is -2.33. The van der Waals surface area contributed by atoms with Gasteiger partial charge >= 0.3 is 6.09 Å². The maximum Gasteiger partial charge on any atom is 0.404 e. The summed E-state index contributed by atoms with van der Waals surface area (Å²) in [4.78, 5) is 10.3. The van der Waals surface area contributed by atoms with E-state index in [0.717, 1.165) is 25.7 Å². The summed E-state index contributed by atoms with van der Waals surface area (Å²) in [6.07, 6.45) is 3.71. The lowest BCUT2D eigenvalue weighted by molar-refractivity contribution is -0.119. The lowest BCUT2D eigenvalue weighted by atomic mass is 10.0. The van der Waals surface area contributed by atoms with E-state index in [4.69, 9.17) is 9.84 Å². The van der Waals surface area contributed by atoms with Crippen LogP contribution in [0.5, 0.6) is 0 Å². The molecule has 3 rings (SSSR count). The van der Waals surface area contributed by atoms with Gasteiger partial charge < -0.3 is 15.2 Å². The first kappa shape index (κ1) is 7.86. The van der Waals surface area contributed by atoms with Crippen LogP contribution in [0.3, 0.4) is 0 Å². The molecule has 1 aliphatic carbocycles. The van der Waals surface area contributed by atoms with Crippen molar-refractivity contribution >= 4 is 6.09 Å². The Hall–Kier alpha value is -0.770. The number of hydrogen-bond acceptors (Lipinski definition) is 2. The summed E-state index contributed by atoms with van der Waals surface area (Å²) in [5.74, 6) is 0. The van der Waals surface area contributed by atoms with Crippen LogP contribution in [-0.2, 0) is 4.74 Å². The Kier molecular flexibility index (Phi) is 1.92. The summed E-state index contributed by atoms with van der Waals surface area (Å²) >= 11 is 0. The predicted octanol–water partition coefficient (Wildman–Crippen LogP) is 0.964. The Balaban J connectivity index is 1.86. The third kappa shape index (κ3) is 1.53. The highest BCUT2D eigenvalue weighted by atomic mass is 16.5. The van der Waals surface area contributed by atoms with Crippen LogP contribution in [0.15, 0.2) is 0 Å². The molecule has 3 atom stereocenters. The van der Waals surface area contributed by atoms with Crippen LogP contribution in [0, 0.1) is 0 Å². The Morgan fingerprint density at radius 2 is 2.08 bits per heavy atom.